The van der Waals surface area contributed by atoms with Crippen LogP contribution in [0.2, 0.25) is 0 Å². The summed E-state index contributed by atoms with van der Waals surface area (Å²) in [5, 5.41) is 9.20. The summed E-state index contributed by atoms with van der Waals surface area (Å²) in [7, 11) is 0. The van der Waals surface area contributed by atoms with Crippen molar-refractivity contribution < 1.29 is 18.1 Å². The Bertz CT molecular complexity index is 545. The molecule has 2 N–H and O–H groups in total. The van der Waals surface area contributed by atoms with Crippen LogP contribution in [0.3, 0.4) is 0 Å². The Kier molecular flexibility index (Phi) is 4.31. The Balaban J connectivity index is 1.46. The Morgan fingerprint density at radius 3 is 2.86 bits per heavy atom. The van der Waals surface area contributed by atoms with E-state index in [2.05, 4.69) is 15.8 Å². The second-order valence-corrected chi connectivity index (χ2v) is 6.15. The molecule has 2 aliphatic rings. The van der Waals surface area contributed by atoms with Gasteiger partial charge in [0.15, 0.2) is 0 Å². The number of amides is 2. The lowest BCUT2D eigenvalue weighted by Crippen LogP contribution is -2.41. The maximum absolute atomic E-state index is 13.5. The lowest BCUT2D eigenvalue weighted by Gasteiger charge is -2.19. The van der Waals surface area contributed by atoms with Crippen molar-refractivity contribution >= 4 is 6.03 Å². The quantitative estimate of drug-likeness (QED) is 0.898. The van der Waals surface area contributed by atoms with Crippen LogP contribution in [0, 0.1) is 5.92 Å². The Hall–Kier alpha value is -1.66. The molecular formula is C15H21F2N3O2. The summed E-state index contributed by atoms with van der Waals surface area (Å²) in [6.07, 6.45) is 4.93. The van der Waals surface area contributed by atoms with Gasteiger partial charge in [-0.15, -0.1) is 0 Å². The number of urea groups is 1. The number of alkyl halides is 2. The molecule has 22 heavy (non-hydrogen) atoms. The summed E-state index contributed by atoms with van der Waals surface area (Å²) in [6, 6.07) is -0.435. The third-order valence-corrected chi connectivity index (χ3v) is 4.62. The van der Waals surface area contributed by atoms with Crippen molar-refractivity contribution in [1.29, 1.82) is 0 Å². The van der Waals surface area contributed by atoms with E-state index < -0.39 is 17.9 Å². The number of rotatable bonds is 4. The van der Waals surface area contributed by atoms with Crippen LogP contribution in [-0.2, 0) is 19.4 Å². The molecule has 1 atom stereocenters. The molecule has 1 saturated carbocycles. The number of aromatic nitrogens is 1. The molecule has 3 rings (SSSR count). The van der Waals surface area contributed by atoms with Crippen molar-refractivity contribution in [2.75, 3.05) is 6.54 Å². The standard InChI is InChI=1S/C15H21F2N3O2/c16-15(17)7-3-4-10(15)8-18-14(21)19-9-12-11-5-1-2-6-13(11)22-20-12/h10H,1-9H2,(H2,18,19,21)/t10-/m1/s1. The van der Waals surface area contributed by atoms with E-state index in [0.717, 1.165) is 42.7 Å². The largest absolute Gasteiger partial charge is 0.361 e. The highest BCUT2D eigenvalue weighted by Crippen LogP contribution is 2.39. The highest BCUT2D eigenvalue weighted by atomic mass is 19.3. The van der Waals surface area contributed by atoms with Gasteiger partial charge in [0.1, 0.15) is 11.5 Å². The van der Waals surface area contributed by atoms with Gasteiger partial charge >= 0.3 is 6.03 Å². The SMILES string of the molecule is O=C(NCc1noc2c1CCCC2)NC[C@H]1CCCC1(F)F. The molecule has 2 amide bonds. The number of fused-ring (bicyclic) bond motifs is 1. The van der Waals surface area contributed by atoms with Crippen LogP contribution < -0.4 is 10.6 Å². The van der Waals surface area contributed by atoms with E-state index in [-0.39, 0.29) is 19.5 Å². The third-order valence-electron chi connectivity index (χ3n) is 4.62. The molecule has 7 heteroatoms. The molecule has 1 heterocycles. The van der Waals surface area contributed by atoms with Crippen molar-refractivity contribution in [3.63, 3.8) is 0 Å². The van der Waals surface area contributed by atoms with Crippen molar-refractivity contribution in [1.82, 2.24) is 15.8 Å². The summed E-state index contributed by atoms with van der Waals surface area (Å²) in [5.41, 5.74) is 1.84. The summed E-state index contributed by atoms with van der Waals surface area (Å²) in [4.78, 5) is 11.7. The predicted octanol–water partition coefficient (Wildman–Crippen LogP) is 2.79. The molecule has 0 saturated heterocycles. The van der Waals surface area contributed by atoms with Crippen LogP contribution >= 0.6 is 0 Å². The molecule has 5 nitrogen and oxygen atoms in total. The number of carbonyl (C=O) groups is 1. The van der Waals surface area contributed by atoms with E-state index >= 15 is 0 Å². The van der Waals surface area contributed by atoms with E-state index in [4.69, 9.17) is 4.52 Å². The van der Waals surface area contributed by atoms with Gasteiger partial charge in [0.25, 0.3) is 5.92 Å². The topological polar surface area (TPSA) is 67.2 Å². The van der Waals surface area contributed by atoms with Gasteiger partial charge in [-0.1, -0.05) is 5.16 Å². The zero-order chi connectivity index (χ0) is 15.6. The van der Waals surface area contributed by atoms with Gasteiger partial charge in [0, 0.05) is 30.9 Å². The summed E-state index contributed by atoms with van der Waals surface area (Å²) >= 11 is 0. The number of hydrogen-bond acceptors (Lipinski definition) is 3. The van der Waals surface area contributed by atoms with Crippen LogP contribution in [-0.4, -0.2) is 23.7 Å². The Labute approximate surface area is 127 Å². The zero-order valence-corrected chi connectivity index (χ0v) is 12.5. The lowest BCUT2D eigenvalue weighted by molar-refractivity contribution is -0.0349. The molecule has 0 bridgehead atoms. The fourth-order valence-corrected chi connectivity index (χ4v) is 3.28. The molecular weight excluding hydrogens is 292 g/mol. The zero-order valence-electron chi connectivity index (χ0n) is 12.5. The van der Waals surface area contributed by atoms with Crippen LogP contribution in [0.4, 0.5) is 13.6 Å². The van der Waals surface area contributed by atoms with E-state index in [9.17, 15) is 13.6 Å². The average Bonchev–Trinajstić information content (AvgIpc) is 3.06. The summed E-state index contributed by atoms with van der Waals surface area (Å²) in [6.45, 7) is 0.279. The Morgan fingerprint density at radius 2 is 2.09 bits per heavy atom. The van der Waals surface area contributed by atoms with E-state index in [1.54, 1.807) is 0 Å². The van der Waals surface area contributed by atoms with E-state index in [1.165, 1.54) is 0 Å². The van der Waals surface area contributed by atoms with E-state index in [1.807, 2.05) is 0 Å². The van der Waals surface area contributed by atoms with Gasteiger partial charge in [-0.25, -0.2) is 13.6 Å². The van der Waals surface area contributed by atoms with Crippen LogP contribution in [0.25, 0.3) is 0 Å². The molecule has 1 aromatic rings. The number of hydrogen-bond donors (Lipinski definition) is 2. The first-order valence-corrected chi connectivity index (χ1v) is 7.92. The summed E-state index contributed by atoms with van der Waals surface area (Å²) in [5.74, 6) is -2.49. The molecule has 2 aliphatic carbocycles. The first-order chi connectivity index (χ1) is 10.6. The average molecular weight is 313 g/mol. The molecule has 0 aliphatic heterocycles. The number of halogens is 2. The second kappa shape index (κ2) is 6.22. The van der Waals surface area contributed by atoms with Crippen LogP contribution in [0.1, 0.15) is 49.1 Å². The van der Waals surface area contributed by atoms with Gasteiger partial charge in [-0.05, 0) is 32.1 Å². The minimum Gasteiger partial charge on any atom is -0.361 e. The van der Waals surface area contributed by atoms with Gasteiger partial charge in [-0.3, -0.25) is 0 Å². The minimum absolute atomic E-state index is 0.00968. The second-order valence-electron chi connectivity index (χ2n) is 6.15. The normalized spacial score (nSPS) is 23.1. The Morgan fingerprint density at radius 1 is 1.27 bits per heavy atom. The number of aryl methyl sites for hydroxylation is 1. The lowest BCUT2D eigenvalue weighted by atomic mass is 9.96. The molecule has 122 valence electrons. The maximum atomic E-state index is 13.5. The van der Waals surface area contributed by atoms with Crippen molar-refractivity contribution in [2.24, 2.45) is 5.92 Å². The first-order valence-electron chi connectivity index (χ1n) is 7.92. The van der Waals surface area contributed by atoms with E-state index in [0.29, 0.717) is 12.8 Å². The third kappa shape index (κ3) is 3.23. The first kappa shape index (κ1) is 15.2. The number of carbonyl (C=O) groups excluding carboxylic acids is 1. The highest BCUT2D eigenvalue weighted by molar-refractivity contribution is 5.73. The molecule has 1 fully saturated rings. The summed E-state index contributed by atoms with van der Waals surface area (Å²) < 4.78 is 32.2. The highest BCUT2D eigenvalue weighted by Gasteiger charge is 2.43. The molecule has 1 aromatic heterocycles. The molecule has 0 spiro atoms. The van der Waals surface area contributed by atoms with Gasteiger partial charge in [0.2, 0.25) is 0 Å². The number of nitrogens with zero attached hydrogens (tertiary/aromatic N) is 1. The predicted molar refractivity (Wildman–Crippen MR) is 75.7 cm³/mol. The fourth-order valence-electron chi connectivity index (χ4n) is 3.28. The minimum atomic E-state index is -2.65. The maximum Gasteiger partial charge on any atom is 0.315 e. The smallest absolute Gasteiger partial charge is 0.315 e. The van der Waals surface area contributed by atoms with Gasteiger partial charge < -0.3 is 15.2 Å². The van der Waals surface area contributed by atoms with Gasteiger partial charge in [-0.2, -0.15) is 0 Å². The van der Waals surface area contributed by atoms with Crippen molar-refractivity contribution in [2.45, 2.75) is 57.4 Å². The number of nitrogens with one attached hydrogen (secondary N) is 2. The van der Waals surface area contributed by atoms with Crippen LogP contribution in [0.15, 0.2) is 4.52 Å². The van der Waals surface area contributed by atoms with Gasteiger partial charge in [0.05, 0.1) is 6.54 Å². The molecule has 0 aromatic carbocycles. The fraction of sp³-hybridized carbons (Fsp3) is 0.733. The van der Waals surface area contributed by atoms with Crippen LogP contribution in [0.5, 0.6) is 0 Å². The monoisotopic (exact) mass is 313 g/mol. The van der Waals surface area contributed by atoms with Crippen molar-refractivity contribution in [3.8, 4) is 0 Å². The molecule has 0 radical (unpaired) electrons. The molecule has 0 unspecified atom stereocenters. The van der Waals surface area contributed by atoms with Crippen molar-refractivity contribution in [3.05, 3.63) is 17.0 Å².